The summed E-state index contributed by atoms with van der Waals surface area (Å²) < 4.78 is 7.52. The second kappa shape index (κ2) is 8.98. The third-order valence-electron chi connectivity index (χ3n) is 6.93. The normalized spacial score (nSPS) is 21.5. The van der Waals surface area contributed by atoms with Crippen LogP contribution >= 0.6 is 0 Å². The van der Waals surface area contributed by atoms with E-state index in [1.165, 1.54) is 5.56 Å². The number of carbonyl (C=O) groups excluding carboxylic acids is 1. The van der Waals surface area contributed by atoms with Crippen LogP contribution in [0.15, 0.2) is 36.8 Å². The number of piperidine rings is 1. The molecule has 1 saturated heterocycles. The molecule has 1 aromatic carbocycles. The van der Waals surface area contributed by atoms with E-state index in [9.17, 15) is 9.90 Å². The molecule has 1 saturated carbocycles. The Morgan fingerprint density at radius 3 is 2.65 bits per heavy atom. The van der Waals surface area contributed by atoms with Crippen molar-refractivity contribution in [3.05, 3.63) is 42.4 Å². The first-order valence-corrected chi connectivity index (χ1v) is 12.2. The molecule has 3 aromatic rings. The molecule has 5 rings (SSSR count). The number of hydrogen-bond acceptors (Lipinski definition) is 6. The average molecular weight is 464 g/mol. The fourth-order valence-electron chi connectivity index (χ4n) is 4.97. The molecule has 8 nitrogen and oxygen atoms in total. The zero-order chi connectivity index (χ0) is 23.9. The van der Waals surface area contributed by atoms with Gasteiger partial charge in [-0.15, -0.1) is 0 Å². The Morgan fingerprint density at radius 2 is 1.94 bits per heavy atom. The molecule has 2 aromatic heterocycles. The summed E-state index contributed by atoms with van der Waals surface area (Å²) in [5, 5.41) is 13.8. The van der Waals surface area contributed by atoms with Crippen LogP contribution in [0.3, 0.4) is 0 Å². The van der Waals surface area contributed by atoms with Crippen LogP contribution in [0.2, 0.25) is 0 Å². The Labute approximate surface area is 200 Å². The highest BCUT2D eigenvalue weighted by Gasteiger charge is 2.31. The van der Waals surface area contributed by atoms with Gasteiger partial charge in [-0.1, -0.05) is 12.1 Å². The maximum Gasteiger partial charge on any atom is 0.410 e. The zero-order valence-corrected chi connectivity index (χ0v) is 20.1. The van der Waals surface area contributed by atoms with Crippen molar-refractivity contribution >= 4 is 17.1 Å². The number of amides is 1. The Hall–Kier alpha value is -3.00. The first-order chi connectivity index (χ1) is 16.3. The third kappa shape index (κ3) is 4.64. The summed E-state index contributed by atoms with van der Waals surface area (Å²) in [6.07, 6.45) is 9.18. The van der Waals surface area contributed by atoms with Crippen molar-refractivity contribution in [3.8, 4) is 11.3 Å². The second-order valence-corrected chi connectivity index (χ2v) is 10.6. The van der Waals surface area contributed by atoms with Crippen molar-refractivity contribution in [1.29, 1.82) is 0 Å². The van der Waals surface area contributed by atoms with Crippen molar-refractivity contribution in [2.45, 2.75) is 64.0 Å². The van der Waals surface area contributed by atoms with E-state index in [-0.39, 0.29) is 12.7 Å². The van der Waals surface area contributed by atoms with Crippen LogP contribution in [0.25, 0.3) is 22.3 Å². The summed E-state index contributed by atoms with van der Waals surface area (Å²) in [6, 6.07) is 6.55. The highest BCUT2D eigenvalue weighted by Crippen LogP contribution is 2.38. The number of rotatable bonds is 4. The van der Waals surface area contributed by atoms with E-state index >= 15 is 0 Å². The molecule has 0 unspecified atom stereocenters. The molecule has 1 amide bonds. The molecular weight excluding hydrogens is 430 g/mol. The van der Waals surface area contributed by atoms with Crippen molar-refractivity contribution in [2.75, 3.05) is 19.7 Å². The van der Waals surface area contributed by atoms with Gasteiger partial charge in [0.15, 0.2) is 0 Å². The minimum Gasteiger partial charge on any atom is -0.444 e. The predicted octanol–water partition coefficient (Wildman–Crippen LogP) is 4.55. The quantitative estimate of drug-likeness (QED) is 0.610. The van der Waals surface area contributed by atoms with Gasteiger partial charge in [0.25, 0.3) is 0 Å². The Balaban J connectivity index is 1.30. The minimum atomic E-state index is -0.479. The van der Waals surface area contributed by atoms with Gasteiger partial charge < -0.3 is 14.7 Å². The molecule has 0 spiro atoms. The summed E-state index contributed by atoms with van der Waals surface area (Å²) in [5.41, 5.74) is 4.29. The van der Waals surface area contributed by atoms with Gasteiger partial charge in [-0.25, -0.2) is 9.78 Å². The number of fused-ring (bicyclic) bond motifs is 1. The molecule has 3 heterocycles. The molecule has 1 N–H and O–H groups in total. The van der Waals surface area contributed by atoms with Crippen molar-refractivity contribution in [3.63, 3.8) is 0 Å². The number of benzene rings is 1. The van der Waals surface area contributed by atoms with Crippen molar-refractivity contribution in [2.24, 2.45) is 5.92 Å². The lowest BCUT2D eigenvalue weighted by molar-refractivity contribution is 0.0205. The maximum atomic E-state index is 12.4. The minimum absolute atomic E-state index is 0.234. The first-order valence-electron chi connectivity index (χ1n) is 12.2. The van der Waals surface area contributed by atoms with Crippen LogP contribution in [-0.2, 0) is 4.74 Å². The average Bonchev–Trinajstić information content (AvgIpc) is 3.26. The molecule has 2 aliphatic rings. The molecule has 1 aliphatic carbocycles. The number of hydrogen-bond donors (Lipinski definition) is 1. The second-order valence-electron chi connectivity index (χ2n) is 10.6. The number of likely N-dealkylation sites (tertiary alicyclic amines) is 1. The molecule has 1 aliphatic heterocycles. The van der Waals surface area contributed by atoms with Gasteiger partial charge in [-0.2, -0.15) is 5.10 Å². The monoisotopic (exact) mass is 463 g/mol. The van der Waals surface area contributed by atoms with E-state index in [0.29, 0.717) is 31.0 Å². The van der Waals surface area contributed by atoms with Crippen LogP contribution in [-0.4, -0.2) is 61.1 Å². The number of aliphatic hydroxyl groups is 1. The molecule has 34 heavy (non-hydrogen) atoms. The van der Waals surface area contributed by atoms with Crippen LogP contribution in [0.5, 0.6) is 0 Å². The smallest absolute Gasteiger partial charge is 0.410 e. The molecule has 0 bridgehead atoms. The number of aliphatic hydroxyl groups excluding tert-OH is 1. The molecule has 180 valence electrons. The molecule has 0 atom stereocenters. The third-order valence-corrected chi connectivity index (χ3v) is 6.93. The van der Waals surface area contributed by atoms with Crippen LogP contribution in [0.4, 0.5) is 4.79 Å². The van der Waals surface area contributed by atoms with Gasteiger partial charge in [-0.05, 0) is 69.9 Å². The lowest BCUT2D eigenvalue weighted by Gasteiger charge is -2.34. The standard InChI is InChI=1S/C26H33N5O3/c1-26(2,3)34-25(33)30-9-7-18(8-10-30)21-5-4-6-22-24(21)27-14-23(29-22)19-13-28-31(15-19)20-11-17(12-20)16-32/h4-6,13-15,17-18,20,32H,7-12,16H2,1-3H3. The topological polar surface area (TPSA) is 93.4 Å². The fraction of sp³-hybridized carbons (Fsp3) is 0.538. The summed E-state index contributed by atoms with van der Waals surface area (Å²) in [7, 11) is 0. The SMILES string of the molecule is CC(C)(C)OC(=O)N1CCC(c2cccc3nc(-c4cnn(C5CC(CO)C5)c4)cnc23)CC1. The highest BCUT2D eigenvalue weighted by molar-refractivity contribution is 5.80. The number of aromatic nitrogens is 4. The Kier molecular flexibility index (Phi) is 6.02. The van der Waals surface area contributed by atoms with Crippen LogP contribution < -0.4 is 0 Å². The van der Waals surface area contributed by atoms with Crippen molar-refractivity contribution < 1.29 is 14.6 Å². The van der Waals surface area contributed by atoms with E-state index in [2.05, 4.69) is 11.2 Å². The van der Waals surface area contributed by atoms with Crippen LogP contribution in [0.1, 0.15) is 64.0 Å². The number of para-hydroxylation sites is 1. The fourth-order valence-corrected chi connectivity index (χ4v) is 4.97. The summed E-state index contributed by atoms with van der Waals surface area (Å²) >= 11 is 0. The molecule has 0 radical (unpaired) electrons. The van der Waals surface area contributed by atoms with E-state index in [4.69, 9.17) is 14.7 Å². The van der Waals surface area contributed by atoms with Gasteiger partial charge in [0.05, 0.1) is 35.2 Å². The lowest BCUT2D eigenvalue weighted by atomic mass is 9.81. The van der Waals surface area contributed by atoms with E-state index < -0.39 is 5.60 Å². The van der Waals surface area contributed by atoms with Gasteiger partial charge >= 0.3 is 6.09 Å². The van der Waals surface area contributed by atoms with E-state index in [0.717, 1.165) is 48.0 Å². The summed E-state index contributed by atoms with van der Waals surface area (Å²) in [5.74, 6) is 0.732. The first kappa shape index (κ1) is 22.8. The molecule has 8 heteroatoms. The van der Waals surface area contributed by atoms with Gasteiger partial charge in [-0.3, -0.25) is 9.67 Å². The number of carbonyl (C=O) groups is 1. The summed E-state index contributed by atoms with van der Waals surface area (Å²) in [4.78, 5) is 23.9. The maximum absolute atomic E-state index is 12.4. The molecular formula is C26H33N5O3. The van der Waals surface area contributed by atoms with Gasteiger partial charge in [0.2, 0.25) is 0 Å². The zero-order valence-electron chi connectivity index (χ0n) is 20.1. The Bertz CT molecular complexity index is 1170. The largest absolute Gasteiger partial charge is 0.444 e. The van der Waals surface area contributed by atoms with Gasteiger partial charge in [0.1, 0.15) is 5.60 Å². The van der Waals surface area contributed by atoms with Crippen molar-refractivity contribution in [1.82, 2.24) is 24.6 Å². The molecule has 2 fully saturated rings. The summed E-state index contributed by atoms with van der Waals surface area (Å²) in [6.45, 7) is 7.30. The Morgan fingerprint density at radius 1 is 1.18 bits per heavy atom. The van der Waals surface area contributed by atoms with E-state index in [1.54, 1.807) is 4.90 Å². The number of nitrogens with zero attached hydrogens (tertiary/aromatic N) is 5. The predicted molar refractivity (Wildman–Crippen MR) is 129 cm³/mol. The van der Waals surface area contributed by atoms with Gasteiger partial charge in [0, 0.05) is 31.5 Å². The van der Waals surface area contributed by atoms with E-state index in [1.807, 2.05) is 56.2 Å². The highest BCUT2D eigenvalue weighted by atomic mass is 16.6. The lowest BCUT2D eigenvalue weighted by Crippen LogP contribution is -2.41. The number of ether oxygens (including phenoxy) is 1. The van der Waals surface area contributed by atoms with Crippen LogP contribution in [0, 0.1) is 5.92 Å².